The van der Waals surface area contributed by atoms with Gasteiger partial charge < -0.3 is 0 Å². The Morgan fingerprint density at radius 3 is 0.885 bits per heavy atom. The van der Waals surface area contributed by atoms with Crippen LogP contribution in [0.4, 0.5) is 17.3 Å². The SMILES string of the molecule is CC(C)(C)c1ccc2c(c1)c1cc(C(C)(C)C)ccc1n2-c1nc(N(c2ccccc2)c2ccccc2)nc(-n2c3ccc(C(C)(C)C)cc3c3cc(C(C)(C)C)ccc32)n1. The van der Waals surface area contributed by atoms with Crippen molar-refractivity contribution in [3.8, 4) is 11.9 Å². The van der Waals surface area contributed by atoms with Gasteiger partial charge in [0, 0.05) is 32.9 Å². The highest BCUT2D eigenvalue weighted by Gasteiger charge is 2.27. The van der Waals surface area contributed by atoms with Gasteiger partial charge in [0.2, 0.25) is 17.8 Å². The number of anilines is 3. The fraction of sp³-hybridized carbons (Fsp3) is 0.291. The van der Waals surface area contributed by atoms with Crippen molar-refractivity contribution in [1.82, 2.24) is 24.1 Å². The zero-order valence-electron chi connectivity index (χ0n) is 37.9. The molecule has 0 N–H and O–H groups in total. The Hall–Kier alpha value is -6.27. The van der Waals surface area contributed by atoms with E-state index < -0.39 is 0 Å². The van der Waals surface area contributed by atoms with E-state index in [0.29, 0.717) is 17.8 Å². The standard InChI is InChI=1S/C55H58N6/c1-52(2,3)35-23-27-45-41(31-35)42-32-36(53(4,5)6)24-28-46(42)60(45)50-56-49(59(39-19-15-13-16-20-39)40-21-17-14-18-22-40)57-51(58-50)61-47-29-25-37(54(7,8)9)33-43(47)44-34-38(55(10,11)12)26-30-48(44)61/h13-34H,1-12H3. The molecule has 0 bridgehead atoms. The zero-order chi connectivity index (χ0) is 43.2. The number of rotatable bonds is 5. The van der Waals surface area contributed by atoms with Gasteiger partial charge in [-0.15, -0.1) is 0 Å². The third kappa shape index (κ3) is 7.16. The van der Waals surface area contributed by atoms with Crippen molar-refractivity contribution in [2.45, 2.75) is 105 Å². The topological polar surface area (TPSA) is 51.8 Å². The van der Waals surface area contributed by atoms with Crippen LogP contribution in [0.5, 0.6) is 0 Å². The minimum absolute atomic E-state index is 0.0279. The number of para-hydroxylation sites is 2. The van der Waals surface area contributed by atoms with Crippen molar-refractivity contribution in [3.63, 3.8) is 0 Å². The first-order chi connectivity index (χ1) is 28.8. The summed E-state index contributed by atoms with van der Waals surface area (Å²) in [4.78, 5) is 18.7. The summed E-state index contributed by atoms with van der Waals surface area (Å²) in [6, 6.07) is 48.3. The van der Waals surface area contributed by atoms with Crippen LogP contribution in [-0.2, 0) is 21.7 Å². The molecule has 0 unspecified atom stereocenters. The quantitative estimate of drug-likeness (QED) is 0.174. The molecule has 0 radical (unpaired) electrons. The molecule has 61 heavy (non-hydrogen) atoms. The van der Waals surface area contributed by atoms with Gasteiger partial charge in [-0.1, -0.05) is 144 Å². The van der Waals surface area contributed by atoms with Gasteiger partial charge in [0.1, 0.15) is 0 Å². The van der Waals surface area contributed by atoms with Crippen molar-refractivity contribution in [2.75, 3.05) is 4.90 Å². The summed E-state index contributed by atoms with van der Waals surface area (Å²) >= 11 is 0. The second kappa shape index (κ2) is 14.2. The fourth-order valence-corrected chi connectivity index (χ4v) is 8.52. The predicted octanol–water partition coefficient (Wildman–Crippen LogP) is 14.7. The number of hydrogen-bond donors (Lipinski definition) is 0. The van der Waals surface area contributed by atoms with E-state index in [1.165, 1.54) is 43.8 Å². The van der Waals surface area contributed by atoms with Crippen LogP contribution in [0.15, 0.2) is 133 Å². The second-order valence-electron chi connectivity index (χ2n) is 20.8. The van der Waals surface area contributed by atoms with E-state index in [-0.39, 0.29) is 21.7 Å². The molecular weight excluding hydrogens is 745 g/mol. The number of aromatic nitrogens is 5. The minimum atomic E-state index is -0.0279. The summed E-state index contributed by atoms with van der Waals surface area (Å²) in [5, 5.41) is 4.73. The molecule has 0 spiro atoms. The van der Waals surface area contributed by atoms with Crippen molar-refractivity contribution in [2.24, 2.45) is 0 Å². The van der Waals surface area contributed by atoms with Crippen molar-refractivity contribution in [1.29, 1.82) is 0 Å². The van der Waals surface area contributed by atoms with Crippen LogP contribution < -0.4 is 4.90 Å². The molecule has 6 aromatic carbocycles. The van der Waals surface area contributed by atoms with Gasteiger partial charge in [-0.25, -0.2) is 0 Å². The van der Waals surface area contributed by atoms with Crippen molar-refractivity contribution in [3.05, 3.63) is 156 Å². The summed E-state index contributed by atoms with van der Waals surface area (Å²) < 4.78 is 4.49. The van der Waals surface area contributed by atoms with Crippen LogP contribution in [0.1, 0.15) is 105 Å². The molecule has 308 valence electrons. The molecule has 9 aromatic rings. The third-order valence-corrected chi connectivity index (χ3v) is 12.2. The first kappa shape index (κ1) is 40.2. The summed E-state index contributed by atoms with van der Waals surface area (Å²) in [5.41, 5.74) is 11.1. The highest BCUT2D eigenvalue weighted by molar-refractivity contribution is 6.11. The van der Waals surface area contributed by atoms with E-state index in [2.05, 4.69) is 218 Å². The molecule has 0 fully saturated rings. The molecule has 0 amide bonds. The largest absolute Gasteiger partial charge is 0.279 e. The van der Waals surface area contributed by atoms with Crippen LogP contribution in [0.3, 0.4) is 0 Å². The average Bonchev–Trinajstić information content (AvgIpc) is 3.72. The van der Waals surface area contributed by atoms with Gasteiger partial charge in [0.15, 0.2) is 0 Å². The lowest BCUT2D eigenvalue weighted by Crippen LogP contribution is -2.18. The summed E-state index contributed by atoms with van der Waals surface area (Å²) in [7, 11) is 0. The van der Waals surface area contributed by atoms with Gasteiger partial charge in [-0.2, -0.15) is 15.0 Å². The van der Waals surface area contributed by atoms with Crippen LogP contribution in [0.2, 0.25) is 0 Å². The Bertz CT molecular complexity index is 2750. The smallest absolute Gasteiger partial charge is 0.241 e. The molecule has 0 atom stereocenters. The highest BCUT2D eigenvalue weighted by Crippen LogP contribution is 2.41. The molecular formula is C55H58N6. The maximum Gasteiger partial charge on any atom is 0.241 e. The van der Waals surface area contributed by atoms with Crippen molar-refractivity contribution >= 4 is 60.9 Å². The fourth-order valence-electron chi connectivity index (χ4n) is 8.52. The summed E-state index contributed by atoms with van der Waals surface area (Å²) in [6.07, 6.45) is 0. The first-order valence-corrected chi connectivity index (χ1v) is 21.6. The van der Waals surface area contributed by atoms with E-state index in [4.69, 9.17) is 15.0 Å². The molecule has 0 aliphatic carbocycles. The van der Waals surface area contributed by atoms with E-state index in [0.717, 1.165) is 33.4 Å². The minimum Gasteiger partial charge on any atom is -0.279 e. The molecule has 0 saturated carbocycles. The molecule has 9 rings (SSSR count). The number of benzene rings is 6. The lowest BCUT2D eigenvalue weighted by Gasteiger charge is -2.24. The Morgan fingerprint density at radius 1 is 0.344 bits per heavy atom. The summed E-state index contributed by atoms with van der Waals surface area (Å²) in [6.45, 7) is 27.3. The molecule has 0 aliphatic rings. The van der Waals surface area contributed by atoms with Crippen molar-refractivity contribution < 1.29 is 0 Å². The van der Waals surface area contributed by atoms with Gasteiger partial charge in [0.25, 0.3) is 0 Å². The van der Waals surface area contributed by atoms with E-state index in [9.17, 15) is 0 Å². The Balaban J connectivity index is 1.42. The van der Waals surface area contributed by atoms with Crippen LogP contribution in [-0.4, -0.2) is 24.1 Å². The van der Waals surface area contributed by atoms with Gasteiger partial charge in [-0.3, -0.25) is 14.0 Å². The van der Waals surface area contributed by atoms with Gasteiger partial charge in [0.05, 0.1) is 22.1 Å². The maximum atomic E-state index is 5.55. The molecule has 0 aliphatic heterocycles. The van der Waals surface area contributed by atoms with Gasteiger partial charge in [-0.05, 0) is 117 Å². The van der Waals surface area contributed by atoms with Crippen LogP contribution in [0, 0.1) is 0 Å². The van der Waals surface area contributed by atoms with E-state index in [1.54, 1.807) is 0 Å². The van der Waals surface area contributed by atoms with Crippen LogP contribution >= 0.6 is 0 Å². The Kier molecular flexibility index (Phi) is 9.32. The lowest BCUT2D eigenvalue weighted by atomic mass is 9.85. The summed E-state index contributed by atoms with van der Waals surface area (Å²) in [5.74, 6) is 1.63. The predicted molar refractivity (Wildman–Crippen MR) is 258 cm³/mol. The van der Waals surface area contributed by atoms with Crippen LogP contribution in [0.25, 0.3) is 55.5 Å². The highest BCUT2D eigenvalue weighted by atomic mass is 15.4. The molecule has 6 heteroatoms. The monoisotopic (exact) mass is 802 g/mol. The number of nitrogens with zero attached hydrogens (tertiary/aromatic N) is 6. The molecule has 0 saturated heterocycles. The van der Waals surface area contributed by atoms with Gasteiger partial charge >= 0.3 is 0 Å². The Labute approximate surface area is 360 Å². The molecule has 3 heterocycles. The lowest BCUT2D eigenvalue weighted by molar-refractivity contribution is 0.590. The number of fused-ring (bicyclic) bond motifs is 6. The first-order valence-electron chi connectivity index (χ1n) is 21.6. The average molecular weight is 803 g/mol. The normalized spacial score (nSPS) is 12.9. The Morgan fingerprint density at radius 2 is 0.623 bits per heavy atom. The second-order valence-corrected chi connectivity index (χ2v) is 20.8. The maximum absolute atomic E-state index is 5.55. The van der Waals surface area contributed by atoms with E-state index >= 15 is 0 Å². The van der Waals surface area contributed by atoms with E-state index in [1.807, 2.05) is 12.1 Å². The molecule has 3 aromatic heterocycles. The zero-order valence-corrected chi connectivity index (χ0v) is 37.9. The molecule has 6 nitrogen and oxygen atoms in total. The number of hydrogen-bond acceptors (Lipinski definition) is 4. The third-order valence-electron chi connectivity index (χ3n) is 12.2.